The lowest BCUT2D eigenvalue weighted by Crippen LogP contribution is -2.24. The molecule has 0 unspecified atom stereocenters. The minimum atomic E-state index is -0.0953. The Bertz CT molecular complexity index is 462. The van der Waals surface area contributed by atoms with E-state index in [1.807, 2.05) is 6.92 Å². The van der Waals surface area contributed by atoms with Gasteiger partial charge in [-0.1, -0.05) is 11.6 Å². The monoisotopic (exact) mass is 285 g/mol. The molecule has 1 amide bonds. The molecule has 104 valence electrons. The van der Waals surface area contributed by atoms with E-state index in [0.717, 1.165) is 0 Å². The van der Waals surface area contributed by atoms with E-state index >= 15 is 0 Å². The number of halogens is 1. The number of nitrogens with one attached hydrogen (secondary N) is 1. The summed E-state index contributed by atoms with van der Waals surface area (Å²) in [5, 5.41) is 2.94. The Morgan fingerprint density at radius 1 is 1.47 bits per heavy atom. The van der Waals surface area contributed by atoms with E-state index < -0.39 is 0 Å². The van der Waals surface area contributed by atoms with Crippen LogP contribution in [-0.2, 0) is 4.79 Å². The topological polar surface area (TPSA) is 64.6 Å². The summed E-state index contributed by atoms with van der Waals surface area (Å²) >= 11 is 6.00. The molecule has 1 aromatic rings. The highest BCUT2D eigenvalue weighted by atomic mass is 35.5. The van der Waals surface area contributed by atoms with Crippen molar-refractivity contribution in [3.8, 4) is 11.5 Å². The van der Waals surface area contributed by atoms with Crippen LogP contribution in [0.5, 0.6) is 11.5 Å². The van der Waals surface area contributed by atoms with Gasteiger partial charge in [-0.25, -0.2) is 0 Å². The third kappa shape index (κ3) is 4.44. The molecule has 1 N–H and O–H groups in total. The number of methoxy groups -OCH3 is 1. The zero-order valence-electron chi connectivity index (χ0n) is 10.9. The third-order valence-corrected chi connectivity index (χ3v) is 2.62. The summed E-state index contributed by atoms with van der Waals surface area (Å²) in [6.07, 6.45) is 0.898. The first-order valence-electron chi connectivity index (χ1n) is 5.84. The van der Waals surface area contributed by atoms with Gasteiger partial charge in [0.15, 0.2) is 11.5 Å². The van der Waals surface area contributed by atoms with Crippen LogP contribution in [-0.4, -0.2) is 32.5 Å². The largest absolute Gasteiger partial charge is 0.493 e. The van der Waals surface area contributed by atoms with Crippen molar-refractivity contribution >= 4 is 23.8 Å². The maximum atomic E-state index is 11.3. The van der Waals surface area contributed by atoms with Gasteiger partial charge in [-0.15, -0.1) is 0 Å². The molecule has 1 aromatic carbocycles. The van der Waals surface area contributed by atoms with Crippen molar-refractivity contribution in [3.63, 3.8) is 0 Å². The zero-order valence-corrected chi connectivity index (χ0v) is 11.6. The lowest BCUT2D eigenvalue weighted by Gasteiger charge is -2.12. The summed E-state index contributed by atoms with van der Waals surface area (Å²) in [6.45, 7) is 2.61. The summed E-state index contributed by atoms with van der Waals surface area (Å²) in [7, 11) is 1.46. The van der Waals surface area contributed by atoms with Crippen LogP contribution in [0.15, 0.2) is 12.1 Å². The maximum Gasteiger partial charge on any atom is 0.223 e. The minimum absolute atomic E-state index is 0.0953. The second kappa shape index (κ2) is 7.63. The van der Waals surface area contributed by atoms with Crippen molar-refractivity contribution in [2.45, 2.75) is 13.3 Å². The number of amides is 1. The molecular formula is C13H16ClNO4. The molecule has 0 heterocycles. The molecule has 19 heavy (non-hydrogen) atoms. The molecule has 0 atom stereocenters. The fourth-order valence-corrected chi connectivity index (χ4v) is 1.75. The van der Waals surface area contributed by atoms with Crippen LogP contribution in [0.2, 0.25) is 5.02 Å². The first-order chi connectivity index (χ1) is 9.12. The van der Waals surface area contributed by atoms with Gasteiger partial charge in [0.05, 0.1) is 25.2 Å². The number of ether oxygens (including phenoxy) is 2. The van der Waals surface area contributed by atoms with E-state index in [-0.39, 0.29) is 24.0 Å². The smallest absolute Gasteiger partial charge is 0.223 e. The van der Waals surface area contributed by atoms with Gasteiger partial charge < -0.3 is 14.8 Å². The van der Waals surface area contributed by atoms with Crippen LogP contribution in [0.3, 0.4) is 0 Å². The molecule has 0 spiro atoms. The van der Waals surface area contributed by atoms with E-state index in [4.69, 9.17) is 21.1 Å². The first kappa shape index (κ1) is 15.3. The predicted molar refractivity (Wildman–Crippen MR) is 72.2 cm³/mol. The van der Waals surface area contributed by atoms with Crippen molar-refractivity contribution in [2.75, 3.05) is 20.3 Å². The van der Waals surface area contributed by atoms with Gasteiger partial charge in [0.1, 0.15) is 6.29 Å². The normalized spacial score (nSPS) is 9.84. The molecule has 6 heteroatoms. The minimum Gasteiger partial charge on any atom is -0.493 e. The molecule has 0 bridgehead atoms. The van der Waals surface area contributed by atoms with Gasteiger partial charge in [-0.3, -0.25) is 9.59 Å². The molecule has 0 aliphatic heterocycles. The van der Waals surface area contributed by atoms with Crippen LogP contribution in [0, 0.1) is 0 Å². The summed E-state index contributed by atoms with van der Waals surface area (Å²) in [5.74, 6) is 0.603. The molecule has 0 saturated carbocycles. The standard InChI is InChI=1S/C13H16ClNO4/c1-3-15-12(17)4-5-19-13-10(14)6-9(8-16)7-11(13)18-2/h6-8H,3-5H2,1-2H3,(H,15,17). The summed E-state index contributed by atoms with van der Waals surface area (Å²) in [5.41, 5.74) is 0.401. The average Bonchev–Trinajstić information content (AvgIpc) is 2.40. The fourth-order valence-electron chi connectivity index (χ4n) is 1.48. The molecule has 1 rings (SSSR count). The zero-order chi connectivity index (χ0) is 14.3. The quantitative estimate of drug-likeness (QED) is 0.779. The number of aldehydes is 1. The van der Waals surface area contributed by atoms with E-state index in [0.29, 0.717) is 29.9 Å². The SMILES string of the molecule is CCNC(=O)CCOc1c(Cl)cc(C=O)cc1OC. The summed E-state index contributed by atoms with van der Waals surface area (Å²) in [4.78, 5) is 22.0. The highest BCUT2D eigenvalue weighted by Crippen LogP contribution is 2.36. The molecule has 0 radical (unpaired) electrons. The molecule has 0 aliphatic carbocycles. The van der Waals surface area contributed by atoms with Gasteiger partial charge in [-0.2, -0.15) is 0 Å². The first-order valence-corrected chi connectivity index (χ1v) is 6.22. The van der Waals surface area contributed by atoms with Crippen LogP contribution in [0.4, 0.5) is 0 Å². The second-order valence-electron chi connectivity index (χ2n) is 3.70. The van der Waals surface area contributed by atoms with Gasteiger partial charge in [0.2, 0.25) is 5.91 Å². The Morgan fingerprint density at radius 2 is 2.21 bits per heavy atom. The number of carbonyl (C=O) groups excluding carboxylic acids is 2. The number of benzene rings is 1. The van der Waals surface area contributed by atoms with Crippen LogP contribution in [0.25, 0.3) is 0 Å². The number of hydrogen-bond acceptors (Lipinski definition) is 4. The van der Waals surface area contributed by atoms with Gasteiger partial charge >= 0.3 is 0 Å². The van der Waals surface area contributed by atoms with Crippen molar-refractivity contribution in [3.05, 3.63) is 22.7 Å². The van der Waals surface area contributed by atoms with Crippen molar-refractivity contribution in [2.24, 2.45) is 0 Å². The maximum absolute atomic E-state index is 11.3. The Labute approximate surface area is 116 Å². The molecule has 5 nitrogen and oxygen atoms in total. The van der Waals surface area contributed by atoms with Crippen LogP contribution >= 0.6 is 11.6 Å². The average molecular weight is 286 g/mol. The third-order valence-electron chi connectivity index (χ3n) is 2.34. The molecular weight excluding hydrogens is 270 g/mol. The van der Waals surface area contributed by atoms with Crippen LogP contribution < -0.4 is 14.8 Å². The molecule has 0 saturated heterocycles. The van der Waals surface area contributed by atoms with E-state index in [2.05, 4.69) is 5.32 Å². The second-order valence-corrected chi connectivity index (χ2v) is 4.11. The lowest BCUT2D eigenvalue weighted by atomic mass is 10.2. The fraction of sp³-hybridized carbons (Fsp3) is 0.385. The van der Waals surface area contributed by atoms with Crippen molar-refractivity contribution < 1.29 is 19.1 Å². The molecule has 0 aliphatic rings. The number of rotatable bonds is 7. The van der Waals surface area contributed by atoms with Gasteiger partial charge in [0, 0.05) is 12.1 Å². The highest BCUT2D eigenvalue weighted by molar-refractivity contribution is 6.32. The molecule has 0 aromatic heterocycles. The summed E-state index contributed by atoms with van der Waals surface area (Å²) in [6, 6.07) is 3.01. The predicted octanol–water partition coefficient (Wildman–Crippen LogP) is 2.07. The van der Waals surface area contributed by atoms with Gasteiger partial charge in [0.25, 0.3) is 0 Å². The number of hydrogen-bond donors (Lipinski definition) is 1. The Kier molecular flexibility index (Phi) is 6.15. The van der Waals surface area contributed by atoms with E-state index in [9.17, 15) is 9.59 Å². The Hall–Kier alpha value is -1.75. The lowest BCUT2D eigenvalue weighted by molar-refractivity contribution is -0.121. The summed E-state index contributed by atoms with van der Waals surface area (Å²) < 4.78 is 10.5. The van der Waals surface area contributed by atoms with Gasteiger partial charge in [-0.05, 0) is 19.1 Å². The van der Waals surface area contributed by atoms with Crippen LogP contribution in [0.1, 0.15) is 23.7 Å². The number of carbonyl (C=O) groups is 2. The molecule has 0 fully saturated rings. The van der Waals surface area contributed by atoms with E-state index in [1.54, 1.807) is 0 Å². The van der Waals surface area contributed by atoms with Crippen molar-refractivity contribution in [1.82, 2.24) is 5.32 Å². The Morgan fingerprint density at radius 3 is 2.79 bits per heavy atom. The van der Waals surface area contributed by atoms with Crippen molar-refractivity contribution in [1.29, 1.82) is 0 Å². The highest BCUT2D eigenvalue weighted by Gasteiger charge is 2.12. The Balaban J connectivity index is 2.72. The van der Waals surface area contributed by atoms with E-state index in [1.165, 1.54) is 19.2 Å².